The van der Waals surface area contributed by atoms with Crippen LogP contribution in [0.1, 0.15) is 5.82 Å². The molecule has 1 aromatic heterocycles. The summed E-state index contributed by atoms with van der Waals surface area (Å²) in [6, 6.07) is 7.12. The number of hydrogen-bond acceptors (Lipinski definition) is 5. The highest BCUT2D eigenvalue weighted by Gasteiger charge is 2.38. The van der Waals surface area contributed by atoms with E-state index in [0.717, 1.165) is 15.3 Å². The van der Waals surface area contributed by atoms with E-state index in [4.69, 9.17) is 5.84 Å². The van der Waals surface area contributed by atoms with E-state index in [1.807, 2.05) is 12.1 Å². The van der Waals surface area contributed by atoms with E-state index >= 15 is 0 Å². The average molecular weight is 443 g/mol. The molecule has 0 saturated heterocycles. The predicted octanol–water partition coefficient (Wildman–Crippen LogP) is 2.35. The fourth-order valence-corrected chi connectivity index (χ4v) is 2.63. The zero-order valence-corrected chi connectivity index (χ0v) is 13.7. The highest BCUT2D eigenvalue weighted by molar-refractivity contribution is 14.1. The third kappa shape index (κ3) is 4.03. The van der Waals surface area contributed by atoms with Crippen molar-refractivity contribution in [2.45, 2.75) is 11.3 Å². The minimum absolute atomic E-state index is 0.141. The van der Waals surface area contributed by atoms with Crippen LogP contribution in [-0.2, 0) is 11.0 Å². The van der Waals surface area contributed by atoms with E-state index < -0.39 is 12.0 Å². The van der Waals surface area contributed by atoms with Gasteiger partial charge in [-0.2, -0.15) is 13.2 Å². The van der Waals surface area contributed by atoms with Gasteiger partial charge in [-0.25, -0.2) is 4.68 Å². The number of anilines is 1. The van der Waals surface area contributed by atoms with Gasteiger partial charge in [0.25, 0.3) is 5.82 Å². The number of benzene rings is 1. The molecule has 118 valence electrons. The molecule has 22 heavy (non-hydrogen) atoms. The number of alkyl halides is 3. The maximum Gasteiger partial charge on any atom is 0.453 e. The van der Waals surface area contributed by atoms with Crippen LogP contribution in [0.5, 0.6) is 0 Å². The van der Waals surface area contributed by atoms with Gasteiger partial charge in [0.2, 0.25) is 11.1 Å². The van der Waals surface area contributed by atoms with Crippen molar-refractivity contribution in [2.75, 3.05) is 16.9 Å². The lowest BCUT2D eigenvalue weighted by Gasteiger charge is -2.07. The number of rotatable bonds is 4. The normalized spacial score (nSPS) is 11.5. The summed E-state index contributed by atoms with van der Waals surface area (Å²) in [5.41, 5.74) is 0.624. The van der Waals surface area contributed by atoms with Gasteiger partial charge in [0.05, 0.1) is 11.4 Å². The first-order valence-electron chi connectivity index (χ1n) is 5.74. The summed E-state index contributed by atoms with van der Waals surface area (Å²) in [5, 5.41) is 8.76. The standard InChI is InChI=1S/C11H9F3IN5OS/c12-11(13,14)9-18-19-10(20(9)16)22-5-8(21)17-7-4-2-1-3-6(7)15/h1-4H,5,16H2,(H,17,21). The lowest BCUT2D eigenvalue weighted by molar-refractivity contribution is -0.146. The maximum absolute atomic E-state index is 12.5. The van der Waals surface area contributed by atoms with E-state index in [9.17, 15) is 18.0 Å². The van der Waals surface area contributed by atoms with Crippen LogP contribution in [-0.4, -0.2) is 26.5 Å². The van der Waals surface area contributed by atoms with Crippen LogP contribution in [0.25, 0.3) is 0 Å². The number of halogens is 4. The molecule has 0 fully saturated rings. The average Bonchev–Trinajstić information content (AvgIpc) is 2.80. The number of para-hydroxylation sites is 1. The Kier molecular flexibility index (Phi) is 5.16. The first-order valence-corrected chi connectivity index (χ1v) is 7.80. The molecule has 0 bridgehead atoms. The maximum atomic E-state index is 12.5. The Labute approximate surface area is 140 Å². The minimum atomic E-state index is -4.69. The van der Waals surface area contributed by atoms with Crippen molar-refractivity contribution in [1.29, 1.82) is 0 Å². The van der Waals surface area contributed by atoms with Crippen molar-refractivity contribution >= 4 is 45.9 Å². The SMILES string of the molecule is Nn1c(SCC(=O)Nc2ccccc2I)nnc1C(F)(F)F. The summed E-state index contributed by atoms with van der Waals surface area (Å²) in [6.07, 6.45) is -4.69. The van der Waals surface area contributed by atoms with E-state index in [-0.39, 0.29) is 16.8 Å². The molecule has 2 aromatic rings. The molecule has 0 aliphatic rings. The Morgan fingerprint density at radius 1 is 1.36 bits per heavy atom. The Bertz CT molecular complexity index is 691. The van der Waals surface area contributed by atoms with Crippen LogP contribution in [0.4, 0.5) is 18.9 Å². The Hall–Kier alpha value is -1.50. The van der Waals surface area contributed by atoms with Crippen molar-refractivity contribution in [2.24, 2.45) is 0 Å². The molecule has 0 spiro atoms. The van der Waals surface area contributed by atoms with Crippen molar-refractivity contribution in [3.63, 3.8) is 0 Å². The fraction of sp³-hybridized carbons (Fsp3) is 0.182. The first kappa shape index (κ1) is 16.9. The number of aromatic nitrogens is 3. The molecular weight excluding hydrogens is 434 g/mol. The number of nitrogens with zero attached hydrogens (tertiary/aromatic N) is 3. The van der Waals surface area contributed by atoms with Crippen LogP contribution < -0.4 is 11.2 Å². The lowest BCUT2D eigenvalue weighted by atomic mass is 10.3. The van der Waals surface area contributed by atoms with Gasteiger partial charge < -0.3 is 11.2 Å². The molecule has 0 aliphatic heterocycles. The van der Waals surface area contributed by atoms with Crippen LogP contribution in [0.3, 0.4) is 0 Å². The van der Waals surface area contributed by atoms with Crippen molar-refractivity contribution in [1.82, 2.24) is 14.9 Å². The number of nitrogens with two attached hydrogens (primary N) is 1. The first-order chi connectivity index (χ1) is 10.3. The van der Waals surface area contributed by atoms with Gasteiger partial charge in [0, 0.05) is 3.57 Å². The summed E-state index contributed by atoms with van der Waals surface area (Å²) < 4.78 is 38.7. The largest absolute Gasteiger partial charge is 0.453 e. The summed E-state index contributed by atoms with van der Waals surface area (Å²) in [6.45, 7) is 0. The summed E-state index contributed by atoms with van der Waals surface area (Å²) in [7, 11) is 0. The second kappa shape index (κ2) is 6.73. The minimum Gasteiger partial charge on any atom is -0.335 e. The molecule has 11 heteroatoms. The molecule has 1 heterocycles. The second-order valence-electron chi connectivity index (χ2n) is 3.99. The molecule has 0 unspecified atom stereocenters. The van der Waals surface area contributed by atoms with Crippen LogP contribution >= 0.6 is 34.4 Å². The predicted molar refractivity (Wildman–Crippen MR) is 83.7 cm³/mol. The highest BCUT2D eigenvalue weighted by atomic mass is 127. The third-order valence-electron chi connectivity index (χ3n) is 2.40. The number of nitrogen functional groups attached to an aromatic ring is 1. The van der Waals surface area contributed by atoms with E-state index in [1.165, 1.54) is 0 Å². The quantitative estimate of drug-likeness (QED) is 0.431. The Morgan fingerprint density at radius 2 is 2.05 bits per heavy atom. The van der Waals surface area contributed by atoms with E-state index in [0.29, 0.717) is 10.4 Å². The molecule has 0 aliphatic carbocycles. The summed E-state index contributed by atoms with van der Waals surface area (Å²) in [4.78, 5) is 11.8. The van der Waals surface area contributed by atoms with Gasteiger partial charge >= 0.3 is 6.18 Å². The number of amides is 1. The van der Waals surface area contributed by atoms with Gasteiger partial charge in [0.1, 0.15) is 0 Å². The number of thioether (sulfide) groups is 1. The van der Waals surface area contributed by atoms with Crippen LogP contribution in [0, 0.1) is 3.57 Å². The zero-order valence-electron chi connectivity index (χ0n) is 10.8. The van der Waals surface area contributed by atoms with Gasteiger partial charge in [-0.05, 0) is 34.7 Å². The zero-order chi connectivity index (χ0) is 16.3. The summed E-state index contributed by atoms with van der Waals surface area (Å²) in [5.74, 6) is 3.43. The number of hydrogen-bond donors (Lipinski definition) is 2. The number of carbonyl (C=O) groups is 1. The molecule has 0 radical (unpaired) electrons. The third-order valence-corrected chi connectivity index (χ3v) is 4.28. The monoisotopic (exact) mass is 443 g/mol. The molecule has 1 aromatic carbocycles. The molecule has 0 saturated carbocycles. The lowest BCUT2D eigenvalue weighted by Crippen LogP contribution is -2.22. The van der Waals surface area contributed by atoms with Crippen LogP contribution in [0.15, 0.2) is 29.4 Å². The van der Waals surface area contributed by atoms with E-state index in [2.05, 4.69) is 38.1 Å². The smallest absolute Gasteiger partial charge is 0.335 e. The van der Waals surface area contributed by atoms with Crippen molar-refractivity contribution in [3.8, 4) is 0 Å². The second-order valence-corrected chi connectivity index (χ2v) is 6.10. The Balaban J connectivity index is 1.98. The molecular formula is C11H9F3IN5OS. The topological polar surface area (TPSA) is 85.8 Å². The molecule has 6 nitrogen and oxygen atoms in total. The van der Waals surface area contributed by atoms with Gasteiger partial charge in [-0.1, -0.05) is 23.9 Å². The highest BCUT2D eigenvalue weighted by Crippen LogP contribution is 2.28. The molecule has 0 atom stereocenters. The number of carbonyl (C=O) groups excluding carboxylic acids is 1. The molecule has 1 amide bonds. The van der Waals surface area contributed by atoms with Gasteiger partial charge in [0.15, 0.2) is 0 Å². The molecule has 3 N–H and O–H groups in total. The van der Waals surface area contributed by atoms with Gasteiger partial charge in [-0.15, -0.1) is 10.2 Å². The fourth-order valence-electron chi connectivity index (χ4n) is 1.45. The van der Waals surface area contributed by atoms with Crippen LogP contribution in [0.2, 0.25) is 0 Å². The van der Waals surface area contributed by atoms with Gasteiger partial charge in [-0.3, -0.25) is 4.79 Å². The van der Waals surface area contributed by atoms with Crippen molar-refractivity contribution in [3.05, 3.63) is 33.7 Å². The van der Waals surface area contributed by atoms with E-state index in [1.54, 1.807) is 12.1 Å². The molecule has 2 rings (SSSR count). The summed E-state index contributed by atoms with van der Waals surface area (Å²) >= 11 is 2.83. The number of nitrogens with one attached hydrogen (secondary N) is 1. The Morgan fingerprint density at radius 3 is 2.64 bits per heavy atom. The van der Waals surface area contributed by atoms with Crippen molar-refractivity contribution < 1.29 is 18.0 Å².